The Morgan fingerprint density at radius 1 is 1.17 bits per heavy atom. The highest BCUT2D eigenvalue weighted by molar-refractivity contribution is 6.30. The van der Waals surface area contributed by atoms with E-state index in [1.807, 2.05) is 31.1 Å². The molecule has 1 unspecified atom stereocenters. The van der Waals surface area contributed by atoms with Crippen LogP contribution in [0.3, 0.4) is 0 Å². The van der Waals surface area contributed by atoms with Crippen LogP contribution in [0, 0.1) is 0 Å². The number of benzene rings is 1. The first-order valence-corrected chi connectivity index (χ1v) is 8.10. The second-order valence-corrected chi connectivity index (χ2v) is 6.17. The predicted octanol–water partition coefficient (Wildman–Crippen LogP) is 3.32. The number of likely N-dealkylation sites (N-methyl/N-ethyl adjacent to an activating group) is 1. The predicted molar refractivity (Wildman–Crippen MR) is 93.2 cm³/mol. The smallest absolute Gasteiger partial charge is 0.220 e. The Labute approximate surface area is 146 Å². The van der Waals surface area contributed by atoms with Gasteiger partial charge in [-0.05, 0) is 50.5 Å². The minimum atomic E-state index is -0.157. The van der Waals surface area contributed by atoms with Crippen LogP contribution in [0.5, 0.6) is 0 Å². The number of nitrogens with one attached hydrogen (secondary N) is 1. The van der Waals surface area contributed by atoms with Gasteiger partial charge in [-0.2, -0.15) is 0 Å². The number of furan rings is 1. The average molecular weight is 349 g/mol. The van der Waals surface area contributed by atoms with Crippen LogP contribution in [-0.2, 0) is 4.79 Å². The molecule has 0 aliphatic carbocycles. The molecule has 1 heterocycles. The number of carbonyl (C=O) groups excluding carboxylic acids is 2. The van der Waals surface area contributed by atoms with E-state index in [2.05, 4.69) is 5.32 Å². The zero-order chi connectivity index (χ0) is 17.5. The molecule has 0 spiro atoms. The SMILES string of the molecule is CN(C)C(CNC(=O)CCC(=O)c1ccc(Cl)cc1)c1ccco1. The van der Waals surface area contributed by atoms with Crippen LogP contribution < -0.4 is 5.32 Å². The standard InChI is InChI=1S/C18H21ClN2O3/c1-21(2)15(17-4-3-11-24-17)12-20-18(23)10-9-16(22)13-5-7-14(19)8-6-13/h3-8,11,15H,9-10,12H2,1-2H3,(H,20,23). The van der Waals surface area contributed by atoms with Crippen LogP contribution >= 0.6 is 11.6 Å². The maximum absolute atomic E-state index is 12.0. The zero-order valence-corrected chi connectivity index (χ0v) is 14.5. The summed E-state index contributed by atoms with van der Waals surface area (Å²) in [6.45, 7) is 0.425. The molecule has 1 atom stereocenters. The minimum absolute atomic E-state index is 0.0454. The molecular formula is C18H21ClN2O3. The van der Waals surface area contributed by atoms with Crippen LogP contribution in [0.25, 0.3) is 0 Å². The van der Waals surface area contributed by atoms with E-state index in [0.29, 0.717) is 17.1 Å². The van der Waals surface area contributed by atoms with Crippen LogP contribution in [-0.4, -0.2) is 37.2 Å². The molecule has 1 N–H and O–H groups in total. The lowest BCUT2D eigenvalue weighted by atomic mass is 10.1. The molecule has 0 bridgehead atoms. The Morgan fingerprint density at radius 2 is 1.88 bits per heavy atom. The van der Waals surface area contributed by atoms with Crippen molar-refractivity contribution in [3.63, 3.8) is 0 Å². The van der Waals surface area contributed by atoms with E-state index in [1.165, 1.54) is 0 Å². The van der Waals surface area contributed by atoms with Gasteiger partial charge in [-0.15, -0.1) is 0 Å². The normalized spacial score (nSPS) is 12.2. The van der Waals surface area contributed by atoms with Crippen molar-refractivity contribution in [3.05, 3.63) is 59.0 Å². The number of halogens is 1. The highest BCUT2D eigenvalue weighted by Crippen LogP contribution is 2.17. The Kier molecular flexibility index (Phi) is 6.58. The highest BCUT2D eigenvalue weighted by Gasteiger charge is 2.18. The van der Waals surface area contributed by atoms with Crippen molar-refractivity contribution in [1.29, 1.82) is 0 Å². The molecular weight excluding hydrogens is 328 g/mol. The Hall–Kier alpha value is -2.11. The van der Waals surface area contributed by atoms with Gasteiger partial charge in [0.05, 0.1) is 12.3 Å². The number of hydrogen-bond acceptors (Lipinski definition) is 4. The lowest BCUT2D eigenvalue weighted by molar-refractivity contribution is -0.121. The van der Waals surface area contributed by atoms with Crippen molar-refractivity contribution in [2.24, 2.45) is 0 Å². The number of carbonyl (C=O) groups is 2. The van der Waals surface area contributed by atoms with Crippen molar-refractivity contribution in [1.82, 2.24) is 10.2 Å². The summed E-state index contributed by atoms with van der Waals surface area (Å²) in [5.74, 6) is 0.560. The summed E-state index contributed by atoms with van der Waals surface area (Å²) in [6.07, 6.45) is 1.93. The van der Waals surface area contributed by atoms with Gasteiger partial charge in [-0.1, -0.05) is 11.6 Å². The topological polar surface area (TPSA) is 62.6 Å². The molecule has 0 saturated heterocycles. The van der Waals surface area contributed by atoms with Crippen molar-refractivity contribution in [2.75, 3.05) is 20.6 Å². The van der Waals surface area contributed by atoms with Gasteiger partial charge < -0.3 is 9.73 Å². The summed E-state index contributed by atoms with van der Waals surface area (Å²) in [5, 5.41) is 3.43. The molecule has 2 rings (SSSR count). The molecule has 1 aromatic carbocycles. The number of rotatable bonds is 8. The van der Waals surface area contributed by atoms with E-state index < -0.39 is 0 Å². The van der Waals surface area contributed by atoms with Crippen molar-refractivity contribution >= 4 is 23.3 Å². The Bertz CT molecular complexity index is 666. The second kappa shape index (κ2) is 8.66. The summed E-state index contributed by atoms with van der Waals surface area (Å²) in [4.78, 5) is 26.0. The number of amides is 1. The van der Waals surface area contributed by atoms with Gasteiger partial charge in [0.25, 0.3) is 0 Å². The molecule has 1 amide bonds. The number of Topliss-reactive ketones (excluding diaryl/α,β-unsaturated/α-hetero) is 1. The Morgan fingerprint density at radius 3 is 2.46 bits per heavy atom. The third kappa shape index (κ3) is 5.22. The van der Waals surface area contributed by atoms with Crippen molar-refractivity contribution < 1.29 is 14.0 Å². The van der Waals surface area contributed by atoms with E-state index in [1.54, 1.807) is 30.5 Å². The van der Waals surface area contributed by atoms with Gasteiger partial charge in [0.1, 0.15) is 5.76 Å². The highest BCUT2D eigenvalue weighted by atomic mass is 35.5. The molecule has 6 heteroatoms. The molecule has 0 radical (unpaired) electrons. The third-order valence-corrected chi connectivity index (χ3v) is 3.98. The van der Waals surface area contributed by atoms with Gasteiger partial charge in [-0.25, -0.2) is 0 Å². The molecule has 2 aromatic rings. The lowest BCUT2D eigenvalue weighted by Crippen LogP contribution is -2.34. The third-order valence-electron chi connectivity index (χ3n) is 3.73. The fourth-order valence-corrected chi connectivity index (χ4v) is 2.45. The van der Waals surface area contributed by atoms with E-state index in [-0.39, 0.29) is 30.6 Å². The summed E-state index contributed by atoms with van der Waals surface area (Å²) in [5.41, 5.74) is 0.564. The number of hydrogen-bond donors (Lipinski definition) is 1. The maximum Gasteiger partial charge on any atom is 0.220 e. The largest absolute Gasteiger partial charge is 0.468 e. The zero-order valence-electron chi connectivity index (χ0n) is 13.8. The molecule has 128 valence electrons. The van der Waals surface area contributed by atoms with Gasteiger partial charge in [0.15, 0.2) is 5.78 Å². The fourth-order valence-electron chi connectivity index (χ4n) is 2.32. The summed E-state index contributed by atoms with van der Waals surface area (Å²) in [6, 6.07) is 10.3. The number of ketones is 1. The quantitative estimate of drug-likeness (QED) is 0.743. The Balaban J connectivity index is 1.80. The summed E-state index contributed by atoms with van der Waals surface area (Å²) >= 11 is 5.80. The summed E-state index contributed by atoms with van der Waals surface area (Å²) < 4.78 is 5.40. The van der Waals surface area contributed by atoms with Gasteiger partial charge >= 0.3 is 0 Å². The molecule has 0 fully saturated rings. The first kappa shape index (κ1) is 18.2. The lowest BCUT2D eigenvalue weighted by Gasteiger charge is -2.22. The number of nitrogens with zero attached hydrogens (tertiary/aromatic N) is 1. The maximum atomic E-state index is 12.0. The van der Waals surface area contributed by atoms with E-state index >= 15 is 0 Å². The van der Waals surface area contributed by atoms with E-state index in [4.69, 9.17) is 16.0 Å². The van der Waals surface area contributed by atoms with Gasteiger partial charge in [0, 0.05) is 30.0 Å². The minimum Gasteiger partial charge on any atom is -0.468 e. The first-order valence-electron chi connectivity index (χ1n) is 7.72. The van der Waals surface area contributed by atoms with Crippen LogP contribution in [0.2, 0.25) is 5.02 Å². The first-order chi connectivity index (χ1) is 11.5. The van der Waals surface area contributed by atoms with E-state index in [0.717, 1.165) is 5.76 Å². The van der Waals surface area contributed by atoms with Crippen molar-refractivity contribution in [3.8, 4) is 0 Å². The van der Waals surface area contributed by atoms with Crippen molar-refractivity contribution in [2.45, 2.75) is 18.9 Å². The van der Waals surface area contributed by atoms with Crippen LogP contribution in [0.1, 0.15) is 35.0 Å². The van der Waals surface area contributed by atoms with Crippen LogP contribution in [0.15, 0.2) is 47.1 Å². The van der Waals surface area contributed by atoms with Crippen LogP contribution in [0.4, 0.5) is 0 Å². The molecule has 24 heavy (non-hydrogen) atoms. The molecule has 5 nitrogen and oxygen atoms in total. The van der Waals surface area contributed by atoms with Gasteiger partial charge in [0.2, 0.25) is 5.91 Å². The molecule has 0 aliphatic rings. The van der Waals surface area contributed by atoms with E-state index in [9.17, 15) is 9.59 Å². The summed E-state index contributed by atoms with van der Waals surface area (Å²) in [7, 11) is 3.84. The average Bonchev–Trinajstić information content (AvgIpc) is 3.07. The molecule has 0 saturated carbocycles. The van der Waals surface area contributed by atoms with Gasteiger partial charge in [-0.3, -0.25) is 14.5 Å². The molecule has 0 aliphatic heterocycles. The monoisotopic (exact) mass is 348 g/mol. The molecule has 1 aromatic heterocycles. The fraction of sp³-hybridized carbons (Fsp3) is 0.333. The second-order valence-electron chi connectivity index (χ2n) is 5.73.